The van der Waals surface area contributed by atoms with Gasteiger partial charge in [-0.3, -0.25) is 0 Å². The first kappa shape index (κ1) is 13.8. The van der Waals surface area contributed by atoms with Crippen LogP contribution < -0.4 is 4.74 Å². The van der Waals surface area contributed by atoms with Crippen LogP contribution in [0.3, 0.4) is 0 Å². The molecular weight excluding hydrogens is 273 g/mol. The SMILES string of the molecule is FC(F)(F)Oc1ccc(Cc2ccc(S)cc2)cc1. The Morgan fingerprint density at radius 3 is 1.79 bits per heavy atom. The summed E-state index contributed by atoms with van der Waals surface area (Å²) in [7, 11) is 0. The van der Waals surface area contributed by atoms with Gasteiger partial charge in [-0.2, -0.15) is 0 Å². The van der Waals surface area contributed by atoms with Gasteiger partial charge in [-0.25, -0.2) is 0 Å². The summed E-state index contributed by atoms with van der Waals surface area (Å²) in [4.78, 5) is 0.873. The molecular formula is C14H11F3OS. The molecule has 5 heteroatoms. The van der Waals surface area contributed by atoms with Crippen molar-refractivity contribution in [1.82, 2.24) is 0 Å². The number of benzene rings is 2. The third-order valence-electron chi connectivity index (χ3n) is 2.50. The van der Waals surface area contributed by atoms with Crippen molar-refractivity contribution in [2.75, 3.05) is 0 Å². The Morgan fingerprint density at radius 1 is 0.842 bits per heavy atom. The molecule has 2 rings (SSSR count). The van der Waals surface area contributed by atoms with Crippen LogP contribution in [0.4, 0.5) is 13.2 Å². The molecule has 19 heavy (non-hydrogen) atoms. The van der Waals surface area contributed by atoms with Crippen molar-refractivity contribution in [3.63, 3.8) is 0 Å². The van der Waals surface area contributed by atoms with E-state index in [4.69, 9.17) is 0 Å². The van der Waals surface area contributed by atoms with E-state index in [0.717, 1.165) is 16.0 Å². The largest absolute Gasteiger partial charge is 0.573 e. The summed E-state index contributed by atoms with van der Waals surface area (Å²) in [6.45, 7) is 0. The number of hydrogen-bond donors (Lipinski definition) is 1. The van der Waals surface area contributed by atoms with Crippen molar-refractivity contribution < 1.29 is 17.9 Å². The Kier molecular flexibility index (Phi) is 4.04. The van der Waals surface area contributed by atoms with Crippen molar-refractivity contribution >= 4 is 12.6 Å². The van der Waals surface area contributed by atoms with Gasteiger partial charge >= 0.3 is 6.36 Å². The Hall–Kier alpha value is -1.62. The molecule has 0 bridgehead atoms. The molecule has 0 aliphatic heterocycles. The average Bonchev–Trinajstić information content (AvgIpc) is 2.33. The molecule has 0 aliphatic rings. The lowest BCUT2D eigenvalue weighted by molar-refractivity contribution is -0.274. The number of ether oxygens (including phenoxy) is 1. The maximum atomic E-state index is 12.0. The van der Waals surface area contributed by atoms with Gasteiger partial charge in [0.15, 0.2) is 0 Å². The van der Waals surface area contributed by atoms with Crippen LogP contribution in [0.5, 0.6) is 5.75 Å². The van der Waals surface area contributed by atoms with Crippen LogP contribution >= 0.6 is 12.6 Å². The van der Waals surface area contributed by atoms with Gasteiger partial charge in [0.05, 0.1) is 0 Å². The van der Waals surface area contributed by atoms with Gasteiger partial charge in [-0.1, -0.05) is 24.3 Å². The van der Waals surface area contributed by atoms with Crippen molar-refractivity contribution in [1.29, 1.82) is 0 Å². The van der Waals surface area contributed by atoms with E-state index in [1.165, 1.54) is 12.1 Å². The van der Waals surface area contributed by atoms with Gasteiger partial charge in [0, 0.05) is 4.90 Å². The lowest BCUT2D eigenvalue weighted by Gasteiger charge is -2.09. The van der Waals surface area contributed by atoms with E-state index in [-0.39, 0.29) is 5.75 Å². The molecule has 0 unspecified atom stereocenters. The highest BCUT2D eigenvalue weighted by Gasteiger charge is 2.30. The van der Waals surface area contributed by atoms with Crippen LogP contribution in [-0.4, -0.2) is 6.36 Å². The third kappa shape index (κ3) is 4.52. The third-order valence-corrected chi connectivity index (χ3v) is 2.80. The Bertz CT molecular complexity index is 532. The minimum atomic E-state index is -4.65. The van der Waals surface area contributed by atoms with E-state index in [1.54, 1.807) is 12.1 Å². The Balaban J connectivity index is 2.04. The lowest BCUT2D eigenvalue weighted by Crippen LogP contribution is -2.17. The Labute approximate surface area is 114 Å². The van der Waals surface area contributed by atoms with Crippen molar-refractivity contribution in [2.24, 2.45) is 0 Å². The van der Waals surface area contributed by atoms with Gasteiger partial charge < -0.3 is 4.74 Å². The molecule has 0 amide bonds. The molecule has 0 aromatic heterocycles. The van der Waals surface area contributed by atoms with Crippen LogP contribution in [0.2, 0.25) is 0 Å². The van der Waals surface area contributed by atoms with Crippen LogP contribution in [0.25, 0.3) is 0 Å². The summed E-state index contributed by atoms with van der Waals surface area (Å²) in [5.41, 5.74) is 1.99. The lowest BCUT2D eigenvalue weighted by atomic mass is 10.1. The second kappa shape index (κ2) is 5.57. The molecule has 0 aliphatic carbocycles. The zero-order valence-electron chi connectivity index (χ0n) is 9.82. The molecule has 0 saturated heterocycles. The number of rotatable bonds is 3. The maximum absolute atomic E-state index is 12.0. The standard InChI is InChI=1S/C14H11F3OS/c15-14(16,17)18-12-5-1-10(2-6-12)9-11-3-7-13(19)8-4-11/h1-8,19H,9H2. The van der Waals surface area contributed by atoms with Gasteiger partial charge in [0.2, 0.25) is 0 Å². The van der Waals surface area contributed by atoms with Crippen molar-refractivity contribution in [2.45, 2.75) is 17.7 Å². The molecule has 0 heterocycles. The predicted molar refractivity (Wildman–Crippen MR) is 69.6 cm³/mol. The fourth-order valence-corrected chi connectivity index (χ4v) is 1.81. The summed E-state index contributed by atoms with van der Waals surface area (Å²) in [6.07, 6.45) is -4.00. The molecule has 0 N–H and O–H groups in total. The zero-order chi connectivity index (χ0) is 13.9. The molecule has 0 saturated carbocycles. The summed E-state index contributed by atoms with van der Waals surface area (Å²) in [5.74, 6) is -0.207. The maximum Gasteiger partial charge on any atom is 0.573 e. The summed E-state index contributed by atoms with van der Waals surface area (Å²) in [6, 6.07) is 13.5. The molecule has 1 nitrogen and oxygen atoms in total. The summed E-state index contributed by atoms with van der Waals surface area (Å²) < 4.78 is 39.8. The molecule has 100 valence electrons. The minimum Gasteiger partial charge on any atom is -0.406 e. The van der Waals surface area contributed by atoms with Gasteiger partial charge in [-0.15, -0.1) is 25.8 Å². The molecule has 0 spiro atoms. The normalized spacial score (nSPS) is 11.4. The van der Waals surface area contributed by atoms with Gasteiger partial charge in [0.25, 0.3) is 0 Å². The molecule has 2 aromatic rings. The first-order valence-corrected chi connectivity index (χ1v) is 6.00. The first-order chi connectivity index (χ1) is 8.92. The highest BCUT2D eigenvalue weighted by Crippen LogP contribution is 2.23. The Morgan fingerprint density at radius 2 is 1.32 bits per heavy atom. The van der Waals surface area contributed by atoms with Crippen LogP contribution in [0.15, 0.2) is 53.4 Å². The van der Waals surface area contributed by atoms with E-state index in [9.17, 15) is 13.2 Å². The zero-order valence-corrected chi connectivity index (χ0v) is 10.7. The fourth-order valence-electron chi connectivity index (χ4n) is 1.66. The van der Waals surface area contributed by atoms with Crippen LogP contribution in [-0.2, 0) is 6.42 Å². The molecule has 0 fully saturated rings. The van der Waals surface area contributed by atoms with Gasteiger partial charge in [0.1, 0.15) is 5.75 Å². The molecule has 0 radical (unpaired) electrons. The first-order valence-electron chi connectivity index (χ1n) is 5.55. The summed E-state index contributed by atoms with van der Waals surface area (Å²) in [5, 5.41) is 0. The molecule has 0 atom stereocenters. The predicted octanol–water partition coefficient (Wildman–Crippen LogP) is 4.46. The van der Waals surface area contributed by atoms with E-state index in [0.29, 0.717) is 6.42 Å². The monoisotopic (exact) mass is 284 g/mol. The van der Waals surface area contributed by atoms with E-state index < -0.39 is 6.36 Å². The second-order valence-electron chi connectivity index (χ2n) is 4.03. The highest BCUT2D eigenvalue weighted by atomic mass is 32.1. The van der Waals surface area contributed by atoms with E-state index in [1.807, 2.05) is 24.3 Å². The number of halogens is 3. The number of alkyl halides is 3. The van der Waals surface area contributed by atoms with E-state index >= 15 is 0 Å². The van der Waals surface area contributed by atoms with Crippen LogP contribution in [0, 0.1) is 0 Å². The van der Waals surface area contributed by atoms with Gasteiger partial charge in [-0.05, 0) is 41.8 Å². The topological polar surface area (TPSA) is 9.23 Å². The fraction of sp³-hybridized carbons (Fsp3) is 0.143. The smallest absolute Gasteiger partial charge is 0.406 e. The second-order valence-corrected chi connectivity index (χ2v) is 4.55. The van der Waals surface area contributed by atoms with Crippen molar-refractivity contribution in [3.05, 3.63) is 59.7 Å². The minimum absolute atomic E-state index is 0.207. The number of hydrogen-bond acceptors (Lipinski definition) is 2. The van der Waals surface area contributed by atoms with E-state index in [2.05, 4.69) is 17.4 Å². The number of thiol groups is 1. The average molecular weight is 284 g/mol. The molecule has 2 aromatic carbocycles. The summed E-state index contributed by atoms with van der Waals surface area (Å²) >= 11 is 4.19. The van der Waals surface area contributed by atoms with Crippen LogP contribution in [0.1, 0.15) is 11.1 Å². The van der Waals surface area contributed by atoms with Crippen molar-refractivity contribution in [3.8, 4) is 5.75 Å². The quantitative estimate of drug-likeness (QED) is 0.818. The highest BCUT2D eigenvalue weighted by molar-refractivity contribution is 7.80.